The molecule has 3 aromatic rings. The quantitative estimate of drug-likeness (QED) is 0.800. The lowest BCUT2D eigenvalue weighted by Gasteiger charge is -2.03. The lowest BCUT2D eigenvalue weighted by atomic mass is 10.1. The van der Waals surface area contributed by atoms with Crippen molar-refractivity contribution in [2.24, 2.45) is 0 Å². The van der Waals surface area contributed by atoms with E-state index < -0.39 is 0 Å². The first-order chi connectivity index (χ1) is 9.74. The zero-order chi connectivity index (χ0) is 13.9. The van der Waals surface area contributed by atoms with Crippen LogP contribution in [0.5, 0.6) is 0 Å². The number of benzene rings is 1. The van der Waals surface area contributed by atoms with Gasteiger partial charge in [-0.25, -0.2) is 0 Å². The molecule has 0 saturated heterocycles. The molecule has 0 spiro atoms. The highest BCUT2D eigenvalue weighted by Gasteiger charge is 2.12. The van der Waals surface area contributed by atoms with Gasteiger partial charge in [0.1, 0.15) is 0 Å². The van der Waals surface area contributed by atoms with Crippen molar-refractivity contribution in [1.29, 1.82) is 0 Å². The van der Waals surface area contributed by atoms with E-state index in [0.717, 1.165) is 15.4 Å². The van der Waals surface area contributed by atoms with Gasteiger partial charge >= 0.3 is 0 Å². The Kier molecular flexibility index (Phi) is 3.58. The second kappa shape index (κ2) is 5.52. The van der Waals surface area contributed by atoms with Gasteiger partial charge in [-0.2, -0.15) is 0 Å². The molecule has 2 aromatic heterocycles. The maximum atomic E-state index is 12.2. The molecule has 0 unspecified atom stereocenters. The molecule has 4 nitrogen and oxygen atoms in total. The Balaban J connectivity index is 1.79. The predicted octanol–water partition coefficient (Wildman–Crippen LogP) is 3.83. The summed E-state index contributed by atoms with van der Waals surface area (Å²) in [6.45, 7) is 1.91. The smallest absolute Gasteiger partial charge is 0.257 e. The number of hydrogen-bond acceptors (Lipinski definition) is 5. The second-order valence-electron chi connectivity index (χ2n) is 4.16. The number of nitrogens with zero attached hydrogens (tertiary/aromatic N) is 2. The van der Waals surface area contributed by atoms with Crippen molar-refractivity contribution < 1.29 is 4.79 Å². The van der Waals surface area contributed by atoms with Gasteiger partial charge in [-0.1, -0.05) is 35.6 Å². The van der Waals surface area contributed by atoms with Gasteiger partial charge in [-0.3, -0.25) is 10.1 Å². The maximum absolute atomic E-state index is 12.2. The van der Waals surface area contributed by atoms with E-state index in [1.54, 1.807) is 17.4 Å². The van der Waals surface area contributed by atoms with Crippen molar-refractivity contribution in [3.63, 3.8) is 0 Å². The third-order valence-electron chi connectivity index (χ3n) is 2.77. The van der Waals surface area contributed by atoms with Crippen LogP contribution in [0.15, 0.2) is 41.8 Å². The zero-order valence-electron chi connectivity index (χ0n) is 10.7. The van der Waals surface area contributed by atoms with Crippen LogP contribution in [0.2, 0.25) is 0 Å². The van der Waals surface area contributed by atoms with E-state index in [2.05, 4.69) is 15.5 Å². The van der Waals surface area contributed by atoms with Crippen LogP contribution >= 0.6 is 22.7 Å². The molecule has 0 aliphatic rings. The fourth-order valence-corrected chi connectivity index (χ4v) is 3.30. The summed E-state index contributed by atoms with van der Waals surface area (Å²) in [6.07, 6.45) is 0. The molecule has 1 N–H and O–H groups in total. The topological polar surface area (TPSA) is 54.9 Å². The third-order valence-corrected chi connectivity index (χ3v) is 4.64. The minimum Gasteiger partial charge on any atom is -0.296 e. The first-order valence-electron chi connectivity index (χ1n) is 5.98. The zero-order valence-corrected chi connectivity index (χ0v) is 12.3. The minimum atomic E-state index is -0.156. The highest BCUT2D eigenvalue weighted by atomic mass is 32.1. The van der Waals surface area contributed by atoms with Crippen LogP contribution in [0, 0.1) is 6.92 Å². The van der Waals surface area contributed by atoms with Crippen LogP contribution in [-0.2, 0) is 0 Å². The molecule has 2 heterocycles. The van der Waals surface area contributed by atoms with Gasteiger partial charge in [-0.15, -0.1) is 21.5 Å². The van der Waals surface area contributed by atoms with Crippen LogP contribution in [0.25, 0.3) is 9.88 Å². The van der Waals surface area contributed by atoms with E-state index in [-0.39, 0.29) is 5.91 Å². The lowest BCUT2D eigenvalue weighted by molar-refractivity contribution is 0.102. The normalized spacial score (nSPS) is 10.4. The monoisotopic (exact) mass is 301 g/mol. The van der Waals surface area contributed by atoms with Crippen molar-refractivity contribution in [3.8, 4) is 9.88 Å². The molecule has 0 radical (unpaired) electrons. The van der Waals surface area contributed by atoms with Crippen LogP contribution in [-0.4, -0.2) is 16.1 Å². The molecule has 20 heavy (non-hydrogen) atoms. The Morgan fingerprint density at radius 2 is 2.00 bits per heavy atom. The molecule has 0 saturated carbocycles. The van der Waals surface area contributed by atoms with Gasteiger partial charge in [0, 0.05) is 5.56 Å². The summed E-state index contributed by atoms with van der Waals surface area (Å²) in [5.41, 5.74) is 1.59. The molecule has 0 bridgehead atoms. The van der Waals surface area contributed by atoms with E-state index in [1.807, 2.05) is 42.6 Å². The summed E-state index contributed by atoms with van der Waals surface area (Å²) in [7, 11) is 0. The van der Waals surface area contributed by atoms with Gasteiger partial charge in [0.2, 0.25) is 5.13 Å². The van der Waals surface area contributed by atoms with Crippen molar-refractivity contribution >= 4 is 33.7 Å². The standard InChI is InChI=1S/C14H11N3OS2/c1-9-5-2-3-6-10(9)12(18)15-14-17-16-13(20-14)11-7-4-8-19-11/h2-8H,1H3,(H,15,17,18). The summed E-state index contributed by atoms with van der Waals surface area (Å²) in [6, 6.07) is 11.4. The molecule has 3 rings (SSSR count). The Bertz CT molecular complexity index is 734. The SMILES string of the molecule is Cc1ccccc1C(=O)Nc1nnc(-c2cccs2)s1. The molecule has 0 aliphatic heterocycles. The molecular formula is C14H11N3OS2. The molecule has 0 atom stereocenters. The van der Waals surface area contributed by atoms with Gasteiger partial charge in [0.15, 0.2) is 5.01 Å². The number of aromatic nitrogens is 2. The number of carbonyl (C=O) groups excluding carboxylic acids is 1. The number of aryl methyl sites for hydroxylation is 1. The molecule has 6 heteroatoms. The number of thiophene rings is 1. The Morgan fingerprint density at radius 3 is 2.75 bits per heavy atom. The van der Waals surface area contributed by atoms with Crippen molar-refractivity contribution in [2.45, 2.75) is 6.92 Å². The molecule has 1 aromatic carbocycles. The summed E-state index contributed by atoms with van der Waals surface area (Å²) >= 11 is 2.98. The van der Waals surface area contributed by atoms with E-state index >= 15 is 0 Å². The van der Waals surface area contributed by atoms with Crippen LogP contribution in [0.1, 0.15) is 15.9 Å². The van der Waals surface area contributed by atoms with Gasteiger partial charge in [-0.05, 0) is 30.0 Å². The van der Waals surface area contributed by atoms with E-state index in [0.29, 0.717) is 10.7 Å². The first kappa shape index (κ1) is 13.0. The highest BCUT2D eigenvalue weighted by molar-refractivity contribution is 7.23. The number of amides is 1. The number of anilines is 1. The van der Waals surface area contributed by atoms with E-state index in [4.69, 9.17) is 0 Å². The molecule has 1 amide bonds. The summed E-state index contributed by atoms with van der Waals surface area (Å²) in [5, 5.41) is 14.2. The van der Waals surface area contributed by atoms with Crippen LogP contribution in [0.4, 0.5) is 5.13 Å². The van der Waals surface area contributed by atoms with Crippen LogP contribution < -0.4 is 5.32 Å². The second-order valence-corrected chi connectivity index (χ2v) is 6.08. The number of hydrogen-bond donors (Lipinski definition) is 1. The summed E-state index contributed by atoms with van der Waals surface area (Å²) in [5.74, 6) is -0.156. The lowest BCUT2D eigenvalue weighted by Crippen LogP contribution is -2.12. The van der Waals surface area contributed by atoms with Crippen molar-refractivity contribution in [2.75, 3.05) is 5.32 Å². The maximum Gasteiger partial charge on any atom is 0.257 e. The van der Waals surface area contributed by atoms with Crippen molar-refractivity contribution in [1.82, 2.24) is 10.2 Å². The largest absolute Gasteiger partial charge is 0.296 e. The average Bonchev–Trinajstić information content (AvgIpc) is 3.09. The third kappa shape index (κ3) is 2.61. The predicted molar refractivity (Wildman–Crippen MR) is 82.4 cm³/mol. The average molecular weight is 301 g/mol. The van der Waals surface area contributed by atoms with Crippen LogP contribution in [0.3, 0.4) is 0 Å². The van der Waals surface area contributed by atoms with Gasteiger partial charge in [0.05, 0.1) is 4.88 Å². The molecule has 0 fully saturated rings. The highest BCUT2D eigenvalue weighted by Crippen LogP contribution is 2.29. The van der Waals surface area contributed by atoms with Crippen molar-refractivity contribution in [3.05, 3.63) is 52.9 Å². The first-order valence-corrected chi connectivity index (χ1v) is 7.68. The fraction of sp³-hybridized carbons (Fsp3) is 0.0714. The van der Waals surface area contributed by atoms with E-state index in [9.17, 15) is 4.79 Å². The molecule has 100 valence electrons. The summed E-state index contributed by atoms with van der Waals surface area (Å²) < 4.78 is 0. The Labute approximate surface area is 124 Å². The minimum absolute atomic E-state index is 0.156. The number of nitrogens with one attached hydrogen (secondary N) is 1. The van der Waals surface area contributed by atoms with Gasteiger partial charge < -0.3 is 0 Å². The summed E-state index contributed by atoms with van der Waals surface area (Å²) in [4.78, 5) is 13.2. The number of rotatable bonds is 3. The Morgan fingerprint density at radius 1 is 1.15 bits per heavy atom. The molecule has 0 aliphatic carbocycles. The van der Waals surface area contributed by atoms with Gasteiger partial charge in [0.25, 0.3) is 5.91 Å². The number of carbonyl (C=O) groups is 1. The fourth-order valence-electron chi connectivity index (χ4n) is 1.77. The van der Waals surface area contributed by atoms with E-state index in [1.165, 1.54) is 11.3 Å². The molecular weight excluding hydrogens is 290 g/mol. The Hall–Kier alpha value is -2.05.